The number of halogens is 3. The van der Waals surface area contributed by atoms with E-state index in [0.717, 1.165) is 28.4 Å². The molecule has 1 N–H and O–H groups in total. The van der Waals surface area contributed by atoms with Gasteiger partial charge in [-0.25, -0.2) is 9.50 Å². The first-order chi connectivity index (χ1) is 13.9. The molecule has 1 aliphatic heterocycles. The van der Waals surface area contributed by atoms with E-state index in [4.69, 9.17) is 0 Å². The zero-order valence-corrected chi connectivity index (χ0v) is 16.1. The Hall–Kier alpha value is -3.19. The molecule has 4 heterocycles. The van der Waals surface area contributed by atoms with E-state index in [1.807, 2.05) is 18.3 Å². The monoisotopic (exact) mass is 457 g/mol. The molecular formula is C19H10BrF2N5O2. The molecule has 0 saturated heterocycles. The Balaban J connectivity index is 1.46. The minimum absolute atomic E-state index is 0.0531. The summed E-state index contributed by atoms with van der Waals surface area (Å²) in [4.78, 5) is 7.56. The van der Waals surface area contributed by atoms with Gasteiger partial charge >= 0.3 is 6.29 Å². The van der Waals surface area contributed by atoms with Crippen LogP contribution in [0.2, 0.25) is 0 Å². The van der Waals surface area contributed by atoms with Crippen molar-refractivity contribution < 1.29 is 18.3 Å². The maximum absolute atomic E-state index is 13.2. The van der Waals surface area contributed by atoms with Gasteiger partial charge in [0.15, 0.2) is 17.3 Å². The molecule has 10 heteroatoms. The van der Waals surface area contributed by atoms with E-state index in [1.54, 1.807) is 4.52 Å². The van der Waals surface area contributed by atoms with Gasteiger partial charge in [-0.3, -0.25) is 0 Å². The number of aromatic amines is 1. The van der Waals surface area contributed by atoms with Crippen molar-refractivity contribution in [1.29, 1.82) is 5.26 Å². The van der Waals surface area contributed by atoms with E-state index >= 15 is 0 Å². The van der Waals surface area contributed by atoms with Crippen molar-refractivity contribution >= 4 is 32.5 Å². The zero-order chi connectivity index (χ0) is 20.0. The topological polar surface area (TPSA) is 88.2 Å². The number of H-pyrrole nitrogens is 1. The summed E-state index contributed by atoms with van der Waals surface area (Å²) in [7, 11) is 0. The molecule has 3 aromatic heterocycles. The first kappa shape index (κ1) is 16.7. The fourth-order valence-corrected chi connectivity index (χ4v) is 4.19. The summed E-state index contributed by atoms with van der Waals surface area (Å²) in [6.45, 7) is 0. The summed E-state index contributed by atoms with van der Waals surface area (Å²) in [6, 6.07) is 9.06. The van der Waals surface area contributed by atoms with E-state index in [-0.39, 0.29) is 11.5 Å². The van der Waals surface area contributed by atoms with Crippen LogP contribution in [0.15, 0.2) is 34.9 Å². The van der Waals surface area contributed by atoms with Crippen molar-refractivity contribution in [3.63, 3.8) is 0 Å². The highest BCUT2D eigenvalue weighted by atomic mass is 79.9. The predicted molar refractivity (Wildman–Crippen MR) is 101 cm³/mol. The summed E-state index contributed by atoms with van der Waals surface area (Å²) >= 11 is 3.57. The number of nitriles is 1. The molecule has 7 nitrogen and oxygen atoms in total. The van der Waals surface area contributed by atoms with Gasteiger partial charge < -0.3 is 14.5 Å². The van der Waals surface area contributed by atoms with Crippen LogP contribution in [0, 0.1) is 11.3 Å². The molecule has 1 aliphatic carbocycles. The van der Waals surface area contributed by atoms with Gasteiger partial charge in [0, 0.05) is 18.3 Å². The Bertz CT molecular complexity index is 1340. The average molecular weight is 458 g/mol. The number of hydrogen-bond donors (Lipinski definition) is 1. The smallest absolute Gasteiger partial charge is 0.395 e. The maximum atomic E-state index is 13.2. The second-order valence-corrected chi connectivity index (χ2v) is 7.97. The largest absolute Gasteiger partial charge is 0.586 e. The van der Waals surface area contributed by atoms with Crippen molar-refractivity contribution in [3.8, 4) is 29.1 Å². The molecule has 0 bridgehead atoms. The van der Waals surface area contributed by atoms with Crippen molar-refractivity contribution in [2.45, 2.75) is 24.6 Å². The third-order valence-electron chi connectivity index (χ3n) is 5.32. The molecule has 0 radical (unpaired) electrons. The maximum Gasteiger partial charge on any atom is 0.586 e. The molecule has 2 aliphatic rings. The third-order valence-corrected chi connectivity index (χ3v) is 6.10. The molecule has 1 fully saturated rings. The highest BCUT2D eigenvalue weighted by Gasteiger charge is 2.45. The second kappa shape index (κ2) is 5.24. The van der Waals surface area contributed by atoms with Crippen LogP contribution >= 0.6 is 15.9 Å². The Labute approximate surface area is 170 Å². The van der Waals surface area contributed by atoms with Crippen LogP contribution < -0.4 is 9.47 Å². The molecule has 0 spiro atoms. The number of aromatic nitrogens is 4. The average Bonchev–Trinajstić information content (AvgIpc) is 3.15. The Morgan fingerprint density at radius 3 is 2.69 bits per heavy atom. The standard InChI is InChI=1S/C19H10BrF2N5O2/c20-15-12-2-1-9(18(8-23)3-4-18)7-27(12)26-16(15)17-24-10-5-13-14(6-11(10)25-17)29-19(21,22)28-13/h1-2,5-7H,3-4H2,(H,24,25). The van der Waals surface area contributed by atoms with E-state index in [1.165, 1.54) is 12.1 Å². The van der Waals surface area contributed by atoms with Crippen LogP contribution in [0.4, 0.5) is 8.78 Å². The molecule has 4 aromatic rings. The van der Waals surface area contributed by atoms with Crippen molar-refractivity contribution in [2.24, 2.45) is 0 Å². The molecule has 0 atom stereocenters. The fourth-order valence-electron chi connectivity index (χ4n) is 3.61. The van der Waals surface area contributed by atoms with Crippen LogP contribution in [-0.2, 0) is 5.41 Å². The van der Waals surface area contributed by atoms with Gasteiger partial charge in [-0.2, -0.15) is 10.4 Å². The summed E-state index contributed by atoms with van der Waals surface area (Å²) in [6.07, 6.45) is -0.112. The summed E-state index contributed by atoms with van der Waals surface area (Å²) < 4.78 is 37.9. The van der Waals surface area contributed by atoms with E-state index in [2.05, 4.69) is 46.5 Å². The number of alkyl halides is 2. The lowest BCUT2D eigenvalue weighted by Crippen LogP contribution is -2.25. The predicted octanol–water partition coefficient (Wildman–Crippen LogP) is 4.52. The Morgan fingerprint density at radius 2 is 1.97 bits per heavy atom. The van der Waals surface area contributed by atoms with Crippen LogP contribution in [-0.4, -0.2) is 25.9 Å². The Kier molecular flexibility index (Phi) is 3.02. The van der Waals surface area contributed by atoms with Gasteiger partial charge in [0.25, 0.3) is 0 Å². The lowest BCUT2D eigenvalue weighted by atomic mass is 10.00. The number of imidazole rings is 1. The first-order valence-electron chi connectivity index (χ1n) is 8.77. The van der Waals surface area contributed by atoms with Crippen LogP contribution in [0.1, 0.15) is 18.4 Å². The van der Waals surface area contributed by atoms with Crippen molar-refractivity contribution in [3.05, 3.63) is 40.5 Å². The van der Waals surface area contributed by atoms with Crippen molar-refractivity contribution in [2.75, 3.05) is 0 Å². The lowest BCUT2D eigenvalue weighted by Gasteiger charge is -2.05. The number of nitrogens with one attached hydrogen (secondary N) is 1. The van der Waals surface area contributed by atoms with Crippen LogP contribution in [0.25, 0.3) is 28.1 Å². The molecule has 29 heavy (non-hydrogen) atoms. The number of hydrogen-bond acceptors (Lipinski definition) is 5. The van der Waals surface area contributed by atoms with Gasteiger partial charge in [0.05, 0.1) is 32.5 Å². The molecule has 0 unspecified atom stereocenters. The quantitative estimate of drug-likeness (QED) is 0.478. The van der Waals surface area contributed by atoms with Gasteiger partial charge in [-0.05, 0) is 40.4 Å². The number of rotatable bonds is 2. The molecule has 6 rings (SSSR count). The van der Waals surface area contributed by atoms with Gasteiger partial charge in [0.2, 0.25) is 0 Å². The summed E-state index contributed by atoms with van der Waals surface area (Å²) in [5.41, 5.74) is 2.89. The number of ether oxygens (including phenoxy) is 2. The number of benzene rings is 1. The minimum atomic E-state index is -3.67. The van der Waals surface area contributed by atoms with Crippen LogP contribution in [0.5, 0.6) is 11.5 Å². The summed E-state index contributed by atoms with van der Waals surface area (Å²) in [5, 5.41) is 14.0. The zero-order valence-electron chi connectivity index (χ0n) is 14.5. The van der Waals surface area contributed by atoms with Gasteiger partial charge in [-0.1, -0.05) is 6.07 Å². The summed E-state index contributed by atoms with van der Waals surface area (Å²) in [5.74, 6) is 0.349. The van der Waals surface area contributed by atoms with Crippen LogP contribution in [0.3, 0.4) is 0 Å². The van der Waals surface area contributed by atoms with E-state index < -0.39 is 11.7 Å². The molecule has 1 saturated carbocycles. The first-order valence-corrected chi connectivity index (χ1v) is 9.56. The molecule has 144 valence electrons. The van der Waals surface area contributed by atoms with E-state index in [9.17, 15) is 14.0 Å². The highest BCUT2D eigenvalue weighted by molar-refractivity contribution is 9.10. The van der Waals surface area contributed by atoms with E-state index in [0.29, 0.717) is 22.6 Å². The third kappa shape index (κ3) is 2.37. The molecular weight excluding hydrogens is 448 g/mol. The fraction of sp³-hybridized carbons (Fsp3) is 0.211. The van der Waals surface area contributed by atoms with Gasteiger partial charge in [0.1, 0.15) is 5.69 Å². The van der Waals surface area contributed by atoms with Gasteiger partial charge in [-0.15, -0.1) is 8.78 Å². The number of nitrogens with zero attached hydrogens (tertiary/aromatic N) is 4. The Morgan fingerprint density at radius 1 is 1.21 bits per heavy atom. The molecule has 1 aromatic carbocycles. The van der Waals surface area contributed by atoms with Crippen molar-refractivity contribution in [1.82, 2.24) is 19.6 Å². The SMILES string of the molecule is N#CC1(c2ccc3c(Br)c(-c4nc5cc6c(cc5[nH]4)OC(F)(F)O6)nn3c2)CC1. The number of pyridine rings is 1. The molecule has 0 amide bonds. The number of fused-ring (bicyclic) bond motifs is 3. The lowest BCUT2D eigenvalue weighted by molar-refractivity contribution is -0.286. The minimum Gasteiger partial charge on any atom is -0.395 e. The highest BCUT2D eigenvalue weighted by Crippen LogP contribution is 2.48. The second-order valence-electron chi connectivity index (χ2n) is 7.17. The normalized spacial score (nSPS) is 18.3.